The van der Waals surface area contributed by atoms with Crippen molar-refractivity contribution in [3.05, 3.63) is 50.5 Å². The lowest BCUT2D eigenvalue weighted by atomic mass is 10.0. The summed E-state index contributed by atoms with van der Waals surface area (Å²) in [6.45, 7) is 19.9. The van der Waals surface area contributed by atoms with Crippen molar-refractivity contribution in [3.63, 3.8) is 0 Å². The van der Waals surface area contributed by atoms with Crippen LogP contribution in [0, 0.1) is 10.1 Å². The number of carbonyl (C=O) groups is 2. The van der Waals surface area contributed by atoms with E-state index in [4.69, 9.17) is 21.8 Å². The molecule has 1 aromatic carbocycles. The second-order valence-corrected chi connectivity index (χ2v) is 16.6. The lowest BCUT2D eigenvalue weighted by Crippen LogP contribution is -2.70. The number of thiol groups is 1. The maximum atomic E-state index is 13.5. The predicted molar refractivity (Wildman–Crippen MR) is 154 cm³/mol. The van der Waals surface area contributed by atoms with E-state index in [1.807, 2.05) is 0 Å². The van der Waals surface area contributed by atoms with Gasteiger partial charge in [-0.1, -0.05) is 20.8 Å². The van der Waals surface area contributed by atoms with E-state index in [9.17, 15) is 19.7 Å². The van der Waals surface area contributed by atoms with Crippen LogP contribution in [-0.4, -0.2) is 66.9 Å². The standard InChI is InChI=1S/C27H43N3O6SSi/c1-9-30(10-2,11-3)23-18-24(31)28(23)25(22(37)16-17-36-38(7,8)27(4,5)6)26(32)35-19-20-12-14-21(15-13-20)29(33)34/h12-15,23H,9-11,16-19H2,1-8H3/p+1. The second-order valence-electron chi connectivity index (χ2n) is 11.3. The number of benzene rings is 1. The summed E-state index contributed by atoms with van der Waals surface area (Å²) in [5.74, 6) is -0.771. The largest absolute Gasteiger partial charge is 0.456 e. The van der Waals surface area contributed by atoms with Crippen LogP contribution in [0.3, 0.4) is 0 Å². The minimum atomic E-state index is -2.01. The van der Waals surface area contributed by atoms with Crippen LogP contribution in [0.5, 0.6) is 0 Å². The molecule has 0 saturated carbocycles. The van der Waals surface area contributed by atoms with Gasteiger partial charge in [-0.25, -0.2) is 4.79 Å². The summed E-state index contributed by atoms with van der Waals surface area (Å²) < 4.78 is 12.6. The van der Waals surface area contributed by atoms with Gasteiger partial charge in [0.15, 0.2) is 14.5 Å². The molecule has 0 N–H and O–H groups in total. The van der Waals surface area contributed by atoms with E-state index in [0.717, 1.165) is 19.6 Å². The van der Waals surface area contributed by atoms with Crippen LogP contribution >= 0.6 is 12.6 Å². The Morgan fingerprint density at radius 1 is 1.16 bits per heavy atom. The number of non-ortho nitro benzene ring substituents is 1. The van der Waals surface area contributed by atoms with Crippen LogP contribution in [0.15, 0.2) is 34.9 Å². The summed E-state index contributed by atoms with van der Waals surface area (Å²) in [4.78, 5) is 39.0. The van der Waals surface area contributed by atoms with Crippen molar-refractivity contribution in [2.45, 2.75) is 85.3 Å². The van der Waals surface area contributed by atoms with E-state index in [0.29, 0.717) is 34.4 Å². The molecule has 38 heavy (non-hydrogen) atoms. The third-order valence-electron chi connectivity index (χ3n) is 8.28. The number of nitro benzene ring substituents is 1. The first-order chi connectivity index (χ1) is 17.6. The fourth-order valence-corrected chi connectivity index (χ4v) is 5.77. The van der Waals surface area contributed by atoms with Gasteiger partial charge >= 0.3 is 5.97 Å². The molecule has 11 heteroatoms. The highest BCUT2D eigenvalue weighted by Crippen LogP contribution is 2.38. The van der Waals surface area contributed by atoms with Crippen molar-refractivity contribution in [1.82, 2.24) is 4.90 Å². The first kappa shape index (κ1) is 32.0. The maximum absolute atomic E-state index is 13.5. The molecule has 1 saturated heterocycles. The molecule has 1 aliphatic heterocycles. The van der Waals surface area contributed by atoms with E-state index in [-0.39, 0.29) is 35.1 Å². The number of amides is 1. The molecule has 0 aliphatic carbocycles. The van der Waals surface area contributed by atoms with Gasteiger partial charge in [0, 0.05) is 30.1 Å². The number of rotatable bonds is 13. The number of esters is 1. The average Bonchev–Trinajstić information content (AvgIpc) is 2.85. The summed E-state index contributed by atoms with van der Waals surface area (Å²) in [6, 6.07) is 5.84. The van der Waals surface area contributed by atoms with Crippen LogP contribution in [-0.2, 0) is 25.4 Å². The summed E-state index contributed by atoms with van der Waals surface area (Å²) in [5, 5.41) is 11.0. The number of quaternary nitrogens is 1. The number of hydrogen-bond donors (Lipinski definition) is 1. The van der Waals surface area contributed by atoms with Gasteiger partial charge in [-0.2, -0.15) is 0 Å². The number of carbonyl (C=O) groups excluding carboxylic acids is 2. The Balaban J connectivity index is 2.34. The first-order valence-corrected chi connectivity index (χ1v) is 16.6. The minimum absolute atomic E-state index is 0.0399. The van der Waals surface area contributed by atoms with Gasteiger partial charge in [0.1, 0.15) is 18.7 Å². The van der Waals surface area contributed by atoms with E-state index in [1.54, 1.807) is 17.0 Å². The van der Waals surface area contributed by atoms with Crippen molar-refractivity contribution in [3.8, 4) is 0 Å². The normalized spacial score (nSPS) is 17.1. The molecule has 2 rings (SSSR count). The highest BCUT2D eigenvalue weighted by molar-refractivity contribution is 7.84. The molecule has 0 radical (unpaired) electrons. The number of β-lactam (4-membered cyclic amide) rings is 1. The second kappa shape index (κ2) is 12.8. The molecule has 0 bridgehead atoms. The molecule has 212 valence electrons. The lowest BCUT2D eigenvalue weighted by molar-refractivity contribution is -0.958. The van der Waals surface area contributed by atoms with Crippen LogP contribution in [0.4, 0.5) is 5.69 Å². The van der Waals surface area contributed by atoms with Gasteiger partial charge in [-0.15, -0.1) is 12.6 Å². The summed E-state index contributed by atoms with van der Waals surface area (Å²) >= 11 is 4.71. The van der Waals surface area contributed by atoms with E-state index >= 15 is 0 Å². The maximum Gasteiger partial charge on any atom is 0.356 e. The molecular weight excluding hydrogens is 522 g/mol. The Labute approximate surface area is 233 Å². The Morgan fingerprint density at radius 2 is 1.71 bits per heavy atom. The van der Waals surface area contributed by atoms with E-state index < -0.39 is 19.2 Å². The van der Waals surface area contributed by atoms with Gasteiger partial charge < -0.3 is 13.6 Å². The third kappa shape index (κ3) is 7.05. The molecule has 1 amide bonds. The van der Waals surface area contributed by atoms with Crippen molar-refractivity contribution in [2.75, 3.05) is 26.2 Å². The summed E-state index contributed by atoms with van der Waals surface area (Å²) in [5.41, 5.74) is 0.729. The summed E-state index contributed by atoms with van der Waals surface area (Å²) in [7, 11) is -2.01. The zero-order chi connectivity index (χ0) is 28.9. The molecule has 9 nitrogen and oxygen atoms in total. The van der Waals surface area contributed by atoms with Crippen molar-refractivity contribution in [2.24, 2.45) is 0 Å². The minimum Gasteiger partial charge on any atom is -0.456 e. The lowest BCUT2D eigenvalue weighted by Gasteiger charge is -2.52. The number of nitro groups is 1. The Hall–Kier alpha value is -2.21. The number of likely N-dealkylation sites (tertiary alicyclic amines) is 1. The molecule has 1 atom stereocenters. The molecule has 1 aliphatic rings. The number of nitrogens with zero attached hydrogens (tertiary/aromatic N) is 3. The highest BCUT2D eigenvalue weighted by Gasteiger charge is 2.52. The van der Waals surface area contributed by atoms with Crippen molar-refractivity contribution in [1.29, 1.82) is 0 Å². The molecule has 1 fully saturated rings. The van der Waals surface area contributed by atoms with Crippen molar-refractivity contribution >= 4 is 38.5 Å². The smallest absolute Gasteiger partial charge is 0.356 e. The Kier molecular flexibility index (Phi) is 10.7. The van der Waals surface area contributed by atoms with Gasteiger partial charge in [0.25, 0.3) is 5.69 Å². The van der Waals surface area contributed by atoms with Gasteiger partial charge in [-0.05, 0) is 56.6 Å². The van der Waals surface area contributed by atoms with E-state index in [1.165, 1.54) is 12.1 Å². The summed E-state index contributed by atoms with van der Waals surface area (Å²) in [6.07, 6.45) is 0.558. The molecule has 1 aromatic rings. The molecule has 0 spiro atoms. The molecular formula is C27H44N3O6SSi+. The highest BCUT2D eigenvalue weighted by atomic mass is 32.1. The Morgan fingerprint density at radius 3 is 2.16 bits per heavy atom. The predicted octanol–water partition coefficient (Wildman–Crippen LogP) is 5.63. The quantitative estimate of drug-likeness (QED) is 0.0486. The topological polar surface area (TPSA) is 99.0 Å². The first-order valence-electron chi connectivity index (χ1n) is 13.3. The fourth-order valence-electron chi connectivity index (χ4n) is 4.44. The molecule has 1 heterocycles. The average molecular weight is 567 g/mol. The number of ether oxygens (including phenoxy) is 1. The van der Waals surface area contributed by atoms with Crippen molar-refractivity contribution < 1.29 is 28.2 Å². The fraction of sp³-hybridized carbons (Fsp3) is 0.630. The molecule has 0 aromatic heterocycles. The monoisotopic (exact) mass is 566 g/mol. The van der Waals surface area contributed by atoms with Crippen LogP contribution in [0.2, 0.25) is 18.1 Å². The molecule has 1 unspecified atom stereocenters. The zero-order valence-electron chi connectivity index (χ0n) is 24.1. The van der Waals surface area contributed by atoms with Gasteiger partial charge in [0.2, 0.25) is 5.91 Å². The van der Waals surface area contributed by atoms with Crippen LogP contribution < -0.4 is 0 Å². The third-order valence-corrected chi connectivity index (χ3v) is 13.3. The number of hydrogen-bond acceptors (Lipinski definition) is 7. The SMILES string of the molecule is CC[N+](CC)(CC)C1CC(=O)N1C(C(=O)OCc1ccc([N+](=O)[O-])cc1)=C(S)CCO[Si](C)(C)C(C)(C)C. The Bertz CT molecular complexity index is 1040. The van der Waals surface area contributed by atoms with Crippen LogP contribution in [0.25, 0.3) is 0 Å². The van der Waals surface area contributed by atoms with Gasteiger partial charge in [-0.3, -0.25) is 19.8 Å². The van der Waals surface area contributed by atoms with E-state index in [2.05, 4.69) is 54.6 Å². The van der Waals surface area contributed by atoms with Crippen LogP contribution in [0.1, 0.15) is 59.9 Å². The zero-order valence-corrected chi connectivity index (χ0v) is 26.0. The van der Waals surface area contributed by atoms with Gasteiger partial charge in [0.05, 0.1) is 24.6 Å².